The van der Waals surface area contributed by atoms with E-state index < -0.39 is 23.0 Å². The number of esters is 1. The SMILES string of the molecule is COC(=O)c1c(O)c(N)cc(N)c1O. The quantitative estimate of drug-likeness (QED) is 0.219. The predicted molar refractivity (Wildman–Crippen MR) is 49.9 cm³/mol. The first-order valence-corrected chi connectivity index (χ1v) is 3.67. The van der Waals surface area contributed by atoms with Gasteiger partial charge in [-0.3, -0.25) is 0 Å². The van der Waals surface area contributed by atoms with Crippen molar-refractivity contribution in [2.45, 2.75) is 0 Å². The fraction of sp³-hybridized carbons (Fsp3) is 0.125. The number of hydrogen-bond donors (Lipinski definition) is 4. The van der Waals surface area contributed by atoms with Gasteiger partial charge >= 0.3 is 5.97 Å². The number of anilines is 2. The van der Waals surface area contributed by atoms with Crippen LogP contribution in [0.4, 0.5) is 11.4 Å². The second-order valence-electron chi connectivity index (χ2n) is 2.62. The fourth-order valence-electron chi connectivity index (χ4n) is 1.00. The Kier molecular flexibility index (Phi) is 2.37. The van der Waals surface area contributed by atoms with E-state index in [1.165, 1.54) is 0 Å². The molecule has 0 aromatic heterocycles. The highest BCUT2D eigenvalue weighted by Gasteiger charge is 2.21. The third-order valence-corrected chi connectivity index (χ3v) is 1.72. The molecule has 0 atom stereocenters. The van der Waals surface area contributed by atoms with Gasteiger partial charge in [-0.1, -0.05) is 0 Å². The molecule has 6 N–H and O–H groups in total. The van der Waals surface area contributed by atoms with Crippen LogP contribution in [0.2, 0.25) is 0 Å². The second kappa shape index (κ2) is 3.33. The summed E-state index contributed by atoms with van der Waals surface area (Å²) in [6.45, 7) is 0. The lowest BCUT2D eigenvalue weighted by Crippen LogP contribution is -2.05. The van der Waals surface area contributed by atoms with Crippen molar-refractivity contribution in [1.29, 1.82) is 0 Å². The lowest BCUT2D eigenvalue weighted by molar-refractivity contribution is 0.0594. The molecule has 0 spiro atoms. The molecular weight excluding hydrogens is 188 g/mol. The molecule has 0 saturated carbocycles. The lowest BCUT2D eigenvalue weighted by Gasteiger charge is -2.09. The summed E-state index contributed by atoms with van der Waals surface area (Å²) in [6, 6.07) is 1.15. The first-order valence-electron chi connectivity index (χ1n) is 3.67. The molecule has 6 nitrogen and oxygen atoms in total. The van der Waals surface area contributed by atoms with Crippen LogP contribution in [0.5, 0.6) is 11.5 Å². The molecule has 0 heterocycles. The lowest BCUT2D eigenvalue weighted by atomic mass is 10.1. The zero-order valence-corrected chi connectivity index (χ0v) is 7.44. The Bertz CT molecular complexity index is 363. The minimum absolute atomic E-state index is 0.0966. The van der Waals surface area contributed by atoms with Crippen LogP contribution < -0.4 is 11.5 Å². The highest BCUT2D eigenvalue weighted by atomic mass is 16.5. The maximum absolute atomic E-state index is 11.1. The normalized spacial score (nSPS) is 9.79. The van der Waals surface area contributed by atoms with Crippen molar-refractivity contribution >= 4 is 17.3 Å². The molecular formula is C8H10N2O4. The van der Waals surface area contributed by atoms with E-state index in [-0.39, 0.29) is 11.4 Å². The molecule has 1 aromatic carbocycles. The van der Waals surface area contributed by atoms with Crippen LogP contribution in [0, 0.1) is 0 Å². The van der Waals surface area contributed by atoms with Crippen LogP contribution >= 0.6 is 0 Å². The average molecular weight is 198 g/mol. The maximum atomic E-state index is 11.1. The molecule has 1 rings (SSSR count). The number of nitrogens with two attached hydrogens (primary N) is 2. The van der Waals surface area contributed by atoms with Crippen LogP contribution in [-0.2, 0) is 4.74 Å². The topological polar surface area (TPSA) is 119 Å². The summed E-state index contributed by atoms with van der Waals surface area (Å²) in [5, 5.41) is 18.7. The number of ether oxygens (including phenoxy) is 1. The van der Waals surface area contributed by atoms with Gasteiger partial charge in [0.2, 0.25) is 0 Å². The van der Waals surface area contributed by atoms with E-state index in [9.17, 15) is 15.0 Å². The summed E-state index contributed by atoms with van der Waals surface area (Å²) >= 11 is 0. The van der Waals surface area contributed by atoms with Crippen molar-refractivity contribution in [2.75, 3.05) is 18.6 Å². The number of hydrogen-bond acceptors (Lipinski definition) is 6. The molecule has 1 aromatic rings. The van der Waals surface area contributed by atoms with Crippen LogP contribution in [0.1, 0.15) is 10.4 Å². The Hall–Kier alpha value is -2.11. The average Bonchev–Trinajstić information content (AvgIpc) is 2.15. The van der Waals surface area contributed by atoms with Crippen LogP contribution in [0.15, 0.2) is 6.07 Å². The molecule has 0 aliphatic carbocycles. The van der Waals surface area contributed by atoms with Crippen molar-refractivity contribution < 1.29 is 19.7 Å². The third-order valence-electron chi connectivity index (χ3n) is 1.72. The molecule has 0 radical (unpaired) electrons. The number of rotatable bonds is 1. The number of carbonyl (C=O) groups is 1. The first kappa shape index (κ1) is 9.97. The minimum Gasteiger partial charge on any atom is -0.505 e. The highest BCUT2D eigenvalue weighted by molar-refractivity contribution is 5.99. The summed E-state index contributed by atoms with van der Waals surface area (Å²) in [6.07, 6.45) is 0. The molecule has 14 heavy (non-hydrogen) atoms. The van der Waals surface area contributed by atoms with Gasteiger partial charge in [0.1, 0.15) is 5.56 Å². The standard InChI is InChI=1S/C8H10N2O4/c1-14-8(13)5-6(11)3(9)2-4(10)7(5)12/h2,11-12H,9-10H2,1H3. The summed E-state index contributed by atoms with van der Waals surface area (Å²) in [5.74, 6) is -1.98. The van der Waals surface area contributed by atoms with Gasteiger partial charge in [-0.05, 0) is 6.07 Å². The summed E-state index contributed by atoms with van der Waals surface area (Å²) < 4.78 is 4.34. The molecule has 0 fully saturated rings. The van der Waals surface area contributed by atoms with E-state index >= 15 is 0 Å². The largest absolute Gasteiger partial charge is 0.505 e. The molecule has 0 aliphatic heterocycles. The first-order chi connectivity index (χ1) is 6.49. The zero-order chi connectivity index (χ0) is 10.9. The molecule has 0 unspecified atom stereocenters. The number of phenols is 2. The Morgan fingerprint density at radius 3 is 2.07 bits per heavy atom. The molecule has 0 amide bonds. The molecule has 0 bridgehead atoms. The van der Waals surface area contributed by atoms with Crippen LogP contribution in [-0.4, -0.2) is 23.3 Å². The van der Waals surface area contributed by atoms with Gasteiger partial charge in [0.15, 0.2) is 11.5 Å². The monoisotopic (exact) mass is 198 g/mol. The highest BCUT2D eigenvalue weighted by Crippen LogP contribution is 2.37. The van der Waals surface area contributed by atoms with E-state index in [1.54, 1.807) is 0 Å². The van der Waals surface area contributed by atoms with Crippen molar-refractivity contribution in [1.82, 2.24) is 0 Å². The van der Waals surface area contributed by atoms with E-state index in [4.69, 9.17) is 11.5 Å². The number of benzene rings is 1. The molecule has 0 saturated heterocycles. The van der Waals surface area contributed by atoms with Gasteiger partial charge in [0, 0.05) is 0 Å². The van der Waals surface area contributed by atoms with Gasteiger partial charge in [0.05, 0.1) is 18.5 Å². The van der Waals surface area contributed by atoms with Crippen LogP contribution in [0.25, 0.3) is 0 Å². The van der Waals surface area contributed by atoms with Gasteiger partial charge in [-0.2, -0.15) is 0 Å². The van der Waals surface area contributed by atoms with Gasteiger partial charge in [-0.25, -0.2) is 4.79 Å². The molecule has 6 heteroatoms. The predicted octanol–water partition coefficient (Wildman–Crippen LogP) is 0.0488. The Morgan fingerprint density at radius 1 is 1.29 bits per heavy atom. The maximum Gasteiger partial charge on any atom is 0.345 e. The van der Waals surface area contributed by atoms with E-state index in [2.05, 4.69) is 4.74 Å². The Morgan fingerprint density at radius 2 is 1.71 bits per heavy atom. The number of aromatic hydroxyl groups is 2. The Balaban J connectivity index is 3.47. The Labute approximate surface area is 79.7 Å². The summed E-state index contributed by atoms with van der Waals surface area (Å²) in [7, 11) is 1.11. The van der Waals surface area contributed by atoms with Gasteiger partial charge in [0.25, 0.3) is 0 Å². The third kappa shape index (κ3) is 1.37. The van der Waals surface area contributed by atoms with Crippen molar-refractivity contribution in [3.8, 4) is 11.5 Å². The van der Waals surface area contributed by atoms with Crippen molar-refractivity contribution in [2.24, 2.45) is 0 Å². The summed E-state index contributed by atoms with van der Waals surface area (Å²) in [4.78, 5) is 11.1. The zero-order valence-electron chi connectivity index (χ0n) is 7.44. The van der Waals surface area contributed by atoms with Crippen molar-refractivity contribution in [3.05, 3.63) is 11.6 Å². The van der Waals surface area contributed by atoms with Crippen LogP contribution in [0.3, 0.4) is 0 Å². The summed E-state index contributed by atoms with van der Waals surface area (Å²) in [5.41, 5.74) is 10.0. The van der Waals surface area contributed by atoms with Crippen molar-refractivity contribution in [3.63, 3.8) is 0 Å². The second-order valence-corrected chi connectivity index (χ2v) is 2.62. The number of phenolic OH excluding ortho intramolecular Hbond substituents is 2. The number of methoxy groups -OCH3 is 1. The molecule has 76 valence electrons. The minimum atomic E-state index is -0.904. The number of nitrogen functional groups attached to an aromatic ring is 2. The van der Waals surface area contributed by atoms with Gasteiger partial charge < -0.3 is 26.4 Å². The van der Waals surface area contributed by atoms with E-state index in [1.807, 2.05) is 0 Å². The number of carbonyl (C=O) groups excluding carboxylic acids is 1. The fourth-order valence-corrected chi connectivity index (χ4v) is 1.00. The smallest absolute Gasteiger partial charge is 0.345 e. The van der Waals surface area contributed by atoms with E-state index in [0.717, 1.165) is 13.2 Å². The van der Waals surface area contributed by atoms with Gasteiger partial charge in [-0.15, -0.1) is 0 Å². The van der Waals surface area contributed by atoms with E-state index in [0.29, 0.717) is 0 Å². The molecule has 0 aliphatic rings.